The molecule has 3 heterocycles. The first kappa shape index (κ1) is 21.2. The fourth-order valence-corrected chi connectivity index (χ4v) is 4.87. The van der Waals surface area contributed by atoms with Crippen LogP contribution in [-0.4, -0.2) is 76.9 Å². The van der Waals surface area contributed by atoms with Crippen LogP contribution in [0.25, 0.3) is 6.08 Å². The van der Waals surface area contributed by atoms with Crippen molar-refractivity contribution < 1.29 is 9.59 Å². The lowest BCUT2D eigenvalue weighted by Crippen LogP contribution is -2.51. The van der Waals surface area contributed by atoms with Gasteiger partial charge in [0.2, 0.25) is 11.8 Å². The highest BCUT2D eigenvalue weighted by Gasteiger charge is 2.27. The van der Waals surface area contributed by atoms with Crippen molar-refractivity contribution >= 4 is 17.9 Å². The zero-order chi connectivity index (χ0) is 21.1. The smallest absolute Gasteiger partial charge is 0.246 e. The Hall–Kier alpha value is -2.08. The second kappa shape index (κ2) is 9.38. The van der Waals surface area contributed by atoms with Crippen LogP contribution in [0.4, 0.5) is 0 Å². The average molecular weight is 413 g/mol. The maximum atomic E-state index is 12.7. The molecule has 4 rings (SSSR count). The van der Waals surface area contributed by atoms with Crippen molar-refractivity contribution in [2.75, 3.05) is 45.8 Å². The Bertz CT molecular complexity index is 792. The fraction of sp³-hybridized carbons (Fsp3) is 0.667. The third kappa shape index (κ3) is 4.97. The predicted molar refractivity (Wildman–Crippen MR) is 119 cm³/mol. The van der Waals surface area contributed by atoms with Gasteiger partial charge in [0.25, 0.3) is 0 Å². The number of amides is 2. The number of nitrogens with zero attached hydrogens (tertiary/aromatic N) is 4. The molecule has 3 fully saturated rings. The van der Waals surface area contributed by atoms with E-state index in [9.17, 15) is 9.59 Å². The van der Waals surface area contributed by atoms with E-state index in [0.29, 0.717) is 25.7 Å². The van der Waals surface area contributed by atoms with E-state index in [1.807, 2.05) is 15.9 Å². The summed E-state index contributed by atoms with van der Waals surface area (Å²) in [5.74, 6) is 0.326. The van der Waals surface area contributed by atoms with E-state index in [-0.39, 0.29) is 11.8 Å². The van der Waals surface area contributed by atoms with Crippen molar-refractivity contribution in [2.45, 2.75) is 58.4 Å². The maximum absolute atomic E-state index is 12.7. The van der Waals surface area contributed by atoms with Crippen LogP contribution >= 0.6 is 0 Å². The summed E-state index contributed by atoms with van der Waals surface area (Å²) < 4.78 is 2.41. The van der Waals surface area contributed by atoms with Gasteiger partial charge in [0.1, 0.15) is 0 Å². The van der Waals surface area contributed by atoms with E-state index in [1.165, 1.54) is 37.1 Å². The molecule has 0 spiro atoms. The van der Waals surface area contributed by atoms with Crippen molar-refractivity contribution in [1.29, 1.82) is 0 Å². The van der Waals surface area contributed by atoms with Crippen LogP contribution in [0.3, 0.4) is 0 Å². The lowest BCUT2D eigenvalue weighted by molar-refractivity contribution is -0.133. The largest absolute Gasteiger partial charge is 0.346 e. The highest BCUT2D eigenvalue weighted by Crippen LogP contribution is 2.38. The van der Waals surface area contributed by atoms with Gasteiger partial charge in [-0.15, -0.1) is 0 Å². The van der Waals surface area contributed by atoms with Crippen molar-refractivity contribution in [3.05, 3.63) is 29.1 Å². The molecule has 0 N–H and O–H groups in total. The van der Waals surface area contributed by atoms with Gasteiger partial charge in [-0.2, -0.15) is 0 Å². The first-order chi connectivity index (χ1) is 14.5. The minimum atomic E-state index is 0.0738. The molecule has 2 aliphatic heterocycles. The second-order valence-electron chi connectivity index (χ2n) is 9.16. The summed E-state index contributed by atoms with van der Waals surface area (Å²) in [6, 6.07) is 2.84. The lowest BCUT2D eigenvalue weighted by atomic mass is 10.2. The average Bonchev–Trinajstić information content (AvgIpc) is 3.55. The van der Waals surface area contributed by atoms with E-state index >= 15 is 0 Å². The van der Waals surface area contributed by atoms with Crippen LogP contribution in [0.5, 0.6) is 0 Å². The first-order valence-electron chi connectivity index (χ1n) is 11.7. The summed E-state index contributed by atoms with van der Waals surface area (Å²) in [5.41, 5.74) is 3.69. The summed E-state index contributed by atoms with van der Waals surface area (Å²) in [6.45, 7) is 9.53. The Balaban J connectivity index is 1.26. The van der Waals surface area contributed by atoms with Gasteiger partial charge in [0, 0.05) is 62.8 Å². The van der Waals surface area contributed by atoms with Gasteiger partial charge in [-0.1, -0.05) is 12.8 Å². The number of hydrogen-bond donors (Lipinski definition) is 0. The Kier molecular flexibility index (Phi) is 6.61. The van der Waals surface area contributed by atoms with E-state index in [0.717, 1.165) is 44.6 Å². The Morgan fingerprint density at radius 2 is 1.60 bits per heavy atom. The van der Waals surface area contributed by atoms with Crippen molar-refractivity contribution in [1.82, 2.24) is 19.3 Å². The van der Waals surface area contributed by atoms with Gasteiger partial charge in [-0.3, -0.25) is 14.5 Å². The number of carbonyl (C=O) groups is 2. The molecule has 1 aromatic rings. The topological polar surface area (TPSA) is 48.8 Å². The zero-order valence-electron chi connectivity index (χ0n) is 18.6. The first-order valence-corrected chi connectivity index (χ1v) is 11.7. The van der Waals surface area contributed by atoms with Gasteiger partial charge < -0.3 is 14.4 Å². The van der Waals surface area contributed by atoms with Crippen LogP contribution in [0.2, 0.25) is 0 Å². The number of piperazine rings is 1. The number of likely N-dealkylation sites (tertiary alicyclic amines) is 1. The number of aryl methyl sites for hydroxylation is 1. The monoisotopic (exact) mass is 412 g/mol. The van der Waals surface area contributed by atoms with Gasteiger partial charge in [0.05, 0.1) is 6.54 Å². The summed E-state index contributed by atoms with van der Waals surface area (Å²) in [4.78, 5) is 31.4. The standard InChI is InChI=1S/C24H36N4O2/c1-19-17-21(20(2)28(19)22-8-9-22)7-10-23(29)27-15-13-25(14-16-27)18-24(30)26-11-5-3-4-6-12-26/h7,10,17,22H,3-6,8-9,11-16,18H2,1-2H3/b10-7+. The molecular weight excluding hydrogens is 376 g/mol. The molecule has 30 heavy (non-hydrogen) atoms. The van der Waals surface area contributed by atoms with Crippen LogP contribution in [0, 0.1) is 13.8 Å². The molecule has 0 atom stereocenters. The quantitative estimate of drug-likeness (QED) is 0.699. The van der Waals surface area contributed by atoms with Crippen LogP contribution in [-0.2, 0) is 9.59 Å². The summed E-state index contributed by atoms with van der Waals surface area (Å²) in [5, 5.41) is 0. The van der Waals surface area contributed by atoms with Gasteiger partial charge in [0.15, 0.2) is 0 Å². The van der Waals surface area contributed by atoms with Crippen molar-refractivity contribution in [3.63, 3.8) is 0 Å². The normalized spacial score (nSPS) is 21.3. The summed E-state index contributed by atoms with van der Waals surface area (Å²) >= 11 is 0. The highest BCUT2D eigenvalue weighted by molar-refractivity contribution is 5.92. The number of rotatable bonds is 5. The molecule has 1 aromatic heterocycles. The number of aromatic nitrogens is 1. The lowest BCUT2D eigenvalue weighted by Gasteiger charge is -2.34. The van der Waals surface area contributed by atoms with Crippen LogP contribution in [0.1, 0.15) is 61.5 Å². The van der Waals surface area contributed by atoms with Crippen LogP contribution in [0.15, 0.2) is 12.1 Å². The van der Waals surface area contributed by atoms with Crippen molar-refractivity contribution in [3.8, 4) is 0 Å². The third-order valence-corrected chi connectivity index (χ3v) is 6.84. The molecule has 164 valence electrons. The zero-order valence-corrected chi connectivity index (χ0v) is 18.6. The maximum Gasteiger partial charge on any atom is 0.246 e. The Labute approximate surface area is 180 Å². The molecular formula is C24H36N4O2. The van der Waals surface area contributed by atoms with Gasteiger partial charge in [-0.05, 0) is 57.2 Å². The van der Waals surface area contributed by atoms with Crippen molar-refractivity contribution in [2.24, 2.45) is 0 Å². The molecule has 1 aliphatic carbocycles. The molecule has 6 heteroatoms. The number of hydrogen-bond acceptors (Lipinski definition) is 3. The van der Waals surface area contributed by atoms with Crippen LogP contribution < -0.4 is 0 Å². The van der Waals surface area contributed by atoms with Gasteiger partial charge >= 0.3 is 0 Å². The Morgan fingerprint density at radius 1 is 0.933 bits per heavy atom. The molecule has 0 unspecified atom stereocenters. The summed E-state index contributed by atoms with van der Waals surface area (Å²) in [6.07, 6.45) is 11.0. The molecule has 0 aromatic carbocycles. The third-order valence-electron chi connectivity index (χ3n) is 6.84. The fourth-order valence-electron chi connectivity index (χ4n) is 4.87. The SMILES string of the molecule is Cc1cc(/C=C/C(=O)N2CCN(CC(=O)N3CCCCCC3)CC2)c(C)n1C1CC1. The molecule has 3 aliphatic rings. The molecule has 1 saturated carbocycles. The minimum absolute atomic E-state index is 0.0738. The van der Waals surface area contributed by atoms with E-state index in [1.54, 1.807) is 6.08 Å². The molecule has 2 amide bonds. The minimum Gasteiger partial charge on any atom is -0.346 e. The molecule has 0 radical (unpaired) electrons. The van der Waals surface area contributed by atoms with E-state index < -0.39 is 0 Å². The number of carbonyl (C=O) groups excluding carboxylic acids is 2. The van der Waals surface area contributed by atoms with E-state index in [2.05, 4.69) is 29.4 Å². The van der Waals surface area contributed by atoms with Gasteiger partial charge in [-0.25, -0.2) is 0 Å². The van der Waals surface area contributed by atoms with E-state index in [4.69, 9.17) is 0 Å². The second-order valence-corrected chi connectivity index (χ2v) is 9.16. The molecule has 2 saturated heterocycles. The molecule has 6 nitrogen and oxygen atoms in total. The highest BCUT2D eigenvalue weighted by atomic mass is 16.2. The predicted octanol–water partition coefficient (Wildman–Crippen LogP) is 3.00. The summed E-state index contributed by atoms with van der Waals surface area (Å²) in [7, 11) is 0. The Morgan fingerprint density at radius 3 is 2.23 bits per heavy atom. The molecule has 0 bridgehead atoms.